The quantitative estimate of drug-likeness (QED) is 0.781. The summed E-state index contributed by atoms with van der Waals surface area (Å²) >= 11 is 0. The van der Waals surface area contributed by atoms with Crippen molar-refractivity contribution in [1.29, 1.82) is 0 Å². The van der Waals surface area contributed by atoms with Gasteiger partial charge in [-0.1, -0.05) is 6.07 Å². The number of benzene rings is 1. The first-order chi connectivity index (χ1) is 8.76. The standard InChI is InChI=1S/C14H21NO3/c1-3-17-6-7-18-13-8-10-4-5-11(16-2)9-12(10)14(13)15/h4-5,9,13-14H,3,6-8,15H2,1-2H3. The topological polar surface area (TPSA) is 53.7 Å². The van der Waals surface area contributed by atoms with Gasteiger partial charge >= 0.3 is 0 Å². The van der Waals surface area contributed by atoms with E-state index in [9.17, 15) is 0 Å². The van der Waals surface area contributed by atoms with Gasteiger partial charge in [-0.05, 0) is 30.2 Å². The molecule has 18 heavy (non-hydrogen) atoms. The monoisotopic (exact) mass is 251 g/mol. The molecule has 0 amide bonds. The Bertz CT molecular complexity index is 395. The average molecular weight is 251 g/mol. The molecule has 1 aromatic carbocycles. The van der Waals surface area contributed by atoms with Gasteiger partial charge in [0, 0.05) is 13.0 Å². The van der Waals surface area contributed by atoms with Gasteiger partial charge in [0.25, 0.3) is 0 Å². The van der Waals surface area contributed by atoms with Crippen molar-refractivity contribution < 1.29 is 14.2 Å². The first-order valence-electron chi connectivity index (χ1n) is 6.38. The summed E-state index contributed by atoms with van der Waals surface area (Å²) in [6.07, 6.45) is 0.916. The van der Waals surface area contributed by atoms with E-state index < -0.39 is 0 Å². The molecule has 2 unspecified atom stereocenters. The Labute approximate surface area is 108 Å². The second kappa shape index (κ2) is 6.18. The minimum atomic E-state index is -0.0725. The summed E-state index contributed by atoms with van der Waals surface area (Å²) < 4.78 is 16.3. The Balaban J connectivity index is 1.95. The number of hydrogen-bond acceptors (Lipinski definition) is 4. The summed E-state index contributed by atoms with van der Waals surface area (Å²) in [6, 6.07) is 5.97. The van der Waals surface area contributed by atoms with Crippen LogP contribution >= 0.6 is 0 Å². The van der Waals surface area contributed by atoms with Crippen LogP contribution in [0.15, 0.2) is 18.2 Å². The lowest BCUT2D eigenvalue weighted by Gasteiger charge is -2.17. The second-order valence-electron chi connectivity index (χ2n) is 4.40. The van der Waals surface area contributed by atoms with Gasteiger partial charge in [-0.25, -0.2) is 0 Å². The van der Waals surface area contributed by atoms with E-state index in [1.165, 1.54) is 5.56 Å². The highest BCUT2D eigenvalue weighted by molar-refractivity contribution is 5.42. The van der Waals surface area contributed by atoms with E-state index >= 15 is 0 Å². The smallest absolute Gasteiger partial charge is 0.119 e. The molecule has 4 heteroatoms. The van der Waals surface area contributed by atoms with Crippen molar-refractivity contribution in [1.82, 2.24) is 0 Å². The van der Waals surface area contributed by atoms with Gasteiger partial charge in [0.2, 0.25) is 0 Å². The van der Waals surface area contributed by atoms with Crippen molar-refractivity contribution >= 4 is 0 Å². The van der Waals surface area contributed by atoms with E-state index in [4.69, 9.17) is 19.9 Å². The van der Waals surface area contributed by atoms with Crippen molar-refractivity contribution in [3.8, 4) is 5.75 Å². The molecule has 100 valence electrons. The molecule has 2 N–H and O–H groups in total. The lowest BCUT2D eigenvalue weighted by atomic mass is 10.1. The van der Waals surface area contributed by atoms with E-state index in [-0.39, 0.29) is 12.1 Å². The van der Waals surface area contributed by atoms with Crippen LogP contribution in [0.4, 0.5) is 0 Å². The molecular weight excluding hydrogens is 230 g/mol. The van der Waals surface area contributed by atoms with Crippen molar-refractivity contribution in [2.75, 3.05) is 26.9 Å². The summed E-state index contributed by atoms with van der Waals surface area (Å²) in [4.78, 5) is 0. The Kier molecular flexibility index (Phi) is 4.58. The molecule has 1 aliphatic carbocycles. The van der Waals surface area contributed by atoms with Crippen molar-refractivity contribution in [2.45, 2.75) is 25.5 Å². The van der Waals surface area contributed by atoms with Crippen LogP contribution < -0.4 is 10.5 Å². The van der Waals surface area contributed by atoms with Gasteiger partial charge in [-0.15, -0.1) is 0 Å². The highest BCUT2D eigenvalue weighted by Crippen LogP contribution is 2.33. The van der Waals surface area contributed by atoms with E-state index in [0.717, 1.165) is 24.3 Å². The highest BCUT2D eigenvalue weighted by atomic mass is 16.5. The molecule has 0 heterocycles. The molecule has 1 aliphatic rings. The molecule has 0 spiro atoms. The summed E-state index contributed by atoms with van der Waals surface area (Å²) in [5.41, 5.74) is 8.60. The summed E-state index contributed by atoms with van der Waals surface area (Å²) in [7, 11) is 1.66. The van der Waals surface area contributed by atoms with Gasteiger partial charge in [0.1, 0.15) is 5.75 Å². The molecule has 0 radical (unpaired) electrons. The van der Waals surface area contributed by atoms with Crippen LogP contribution in [0.5, 0.6) is 5.75 Å². The minimum absolute atomic E-state index is 0.0487. The molecule has 0 saturated heterocycles. The summed E-state index contributed by atoms with van der Waals surface area (Å²) in [6.45, 7) is 3.91. The fourth-order valence-corrected chi connectivity index (χ4v) is 2.31. The number of fused-ring (bicyclic) bond motifs is 1. The van der Waals surface area contributed by atoms with Crippen LogP contribution in [0.25, 0.3) is 0 Å². The minimum Gasteiger partial charge on any atom is -0.497 e. The van der Waals surface area contributed by atoms with Crippen LogP contribution in [-0.4, -0.2) is 33.0 Å². The molecule has 4 nitrogen and oxygen atoms in total. The number of methoxy groups -OCH3 is 1. The third-order valence-electron chi connectivity index (χ3n) is 3.30. The van der Waals surface area contributed by atoms with E-state index in [1.54, 1.807) is 7.11 Å². The van der Waals surface area contributed by atoms with Gasteiger partial charge in [0.05, 0.1) is 32.5 Å². The van der Waals surface area contributed by atoms with Gasteiger partial charge in [-0.3, -0.25) is 0 Å². The molecule has 0 aromatic heterocycles. The number of nitrogens with two attached hydrogens (primary N) is 1. The largest absolute Gasteiger partial charge is 0.497 e. The van der Waals surface area contributed by atoms with Crippen LogP contribution in [-0.2, 0) is 15.9 Å². The molecular formula is C14H21NO3. The van der Waals surface area contributed by atoms with Crippen LogP contribution in [0.2, 0.25) is 0 Å². The zero-order valence-electron chi connectivity index (χ0n) is 11.0. The first-order valence-corrected chi connectivity index (χ1v) is 6.38. The fraction of sp³-hybridized carbons (Fsp3) is 0.571. The lowest BCUT2D eigenvalue weighted by Crippen LogP contribution is -2.26. The van der Waals surface area contributed by atoms with E-state index in [0.29, 0.717) is 13.2 Å². The van der Waals surface area contributed by atoms with Crippen molar-refractivity contribution in [2.24, 2.45) is 5.73 Å². The zero-order valence-corrected chi connectivity index (χ0v) is 11.0. The molecule has 2 rings (SSSR count). The number of hydrogen-bond donors (Lipinski definition) is 1. The first kappa shape index (κ1) is 13.3. The SMILES string of the molecule is CCOCCOC1Cc2ccc(OC)cc2C1N. The molecule has 0 bridgehead atoms. The lowest BCUT2D eigenvalue weighted by molar-refractivity contribution is 0.00163. The number of rotatable bonds is 6. The Morgan fingerprint density at radius 3 is 2.89 bits per heavy atom. The molecule has 2 atom stereocenters. The van der Waals surface area contributed by atoms with Gasteiger partial charge in [0.15, 0.2) is 0 Å². The maximum atomic E-state index is 6.21. The third kappa shape index (κ3) is 2.83. The molecule has 0 fully saturated rings. The maximum Gasteiger partial charge on any atom is 0.119 e. The van der Waals surface area contributed by atoms with Gasteiger partial charge in [-0.2, -0.15) is 0 Å². The normalized spacial score (nSPS) is 21.9. The fourth-order valence-electron chi connectivity index (χ4n) is 2.31. The highest BCUT2D eigenvalue weighted by Gasteiger charge is 2.30. The number of ether oxygens (including phenoxy) is 3. The average Bonchev–Trinajstić information content (AvgIpc) is 2.71. The van der Waals surface area contributed by atoms with Crippen LogP contribution in [0.1, 0.15) is 24.1 Å². The molecule has 0 saturated carbocycles. The Hall–Kier alpha value is -1.10. The van der Waals surface area contributed by atoms with Crippen LogP contribution in [0.3, 0.4) is 0 Å². The van der Waals surface area contributed by atoms with Gasteiger partial charge < -0.3 is 19.9 Å². The summed E-state index contributed by atoms with van der Waals surface area (Å²) in [5, 5.41) is 0. The van der Waals surface area contributed by atoms with Crippen molar-refractivity contribution in [3.63, 3.8) is 0 Å². The maximum absolute atomic E-state index is 6.21. The van der Waals surface area contributed by atoms with E-state index in [1.807, 2.05) is 19.1 Å². The predicted octanol–water partition coefficient (Wildman–Crippen LogP) is 1.67. The zero-order chi connectivity index (χ0) is 13.0. The van der Waals surface area contributed by atoms with Crippen molar-refractivity contribution in [3.05, 3.63) is 29.3 Å². The predicted molar refractivity (Wildman–Crippen MR) is 69.9 cm³/mol. The van der Waals surface area contributed by atoms with E-state index in [2.05, 4.69) is 6.07 Å². The third-order valence-corrected chi connectivity index (χ3v) is 3.30. The Morgan fingerprint density at radius 1 is 1.33 bits per heavy atom. The summed E-state index contributed by atoms with van der Waals surface area (Å²) in [5.74, 6) is 0.846. The second-order valence-corrected chi connectivity index (χ2v) is 4.40. The molecule has 1 aromatic rings. The van der Waals surface area contributed by atoms with Crippen LogP contribution in [0, 0.1) is 0 Å². The Morgan fingerprint density at radius 2 is 2.17 bits per heavy atom. The molecule has 0 aliphatic heterocycles.